The van der Waals surface area contributed by atoms with E-state index in [1.165, 1.54) is 19.4 Å². The monoisotopic (exact) mass is 428 g/mol. The average Bonchev–Trinajstić information content (AvgIpc) is 2.83. The maximum Gasteiger partial charge on any atom is 0.271 e. The van der Waals surface area contributed by atoms with Crippen LogP contribution in [0, 0.1) is 5.82 Å². The summed E-state index contributed by atoms with van der Waals surface area (Å²) >= 11 is 0. The predicted octanol–water partition coefficient (Wildman–Crippen LogP) is 5.33. The summed E-state index contributed by atoms with van der Waals surface area (Å²) in [6.45, 7) is 0.0816. The Kier molecular flexibility index (Phi) is 6.41. The lowest BCUT2D eigenvalue weighted by atomic mass is 10.1. The summed E-state index contributed by atoms with van der Waals surface area (Å²) in [7, 11) is 1.52. The van der Waals surface area contributed by atoms with E-state index in [2.05, 4.69) is 10.5 Å². The minimum absolute atomic E-state index is 0.0816. The minimum atomic E-state index is -0.322. The van der Waals surface area contributed by atoms with Crippen LogP contribution in [0.5, 0.6) is 11.5 Å². The van der Waals surface area contributed by atoms with Crippen molar-refractivity contribution in [2.24, 2.45) is 5.10 Å². The second-order valence-electron chi connectivity index (χ2n) is 7.05. The van der Waals surface area contributed by atoms with Gasteiger partial charge < -0.3 is 9.47 Å². The molecule has 0 unspecified atom stereocenters. The average molecular weight is 428 g/mol. The van der Waals surface area contributed by atoms with E-state index in [0.717, 1.165) is 10.8 Å². The van der Waals surface area contributed by atoms with Crippen LogP contribution in [-0.2, 0) is 6.61 Å². The van der Waals surface area contributed by atoms with E-state index < -0.39 is 0 Å². The Labute approximate surface area is 185 Å². The number of carbonyl (C=O) groups is 1. The number of ether oxygens (including phenoxy) is 2. The van der Waals surface area contributed by atoms with Gasteiger partial charge in [0.15, 0.2) is 11.5 Å². The van der Waals surface area contributed by atoms with Gasteiger partial charge in [-0.25, -0.2) is 9.82 Å². The molecular weight excluding hydrogens is 407 g/mol. The van der Waals surface area contributed by atoms with Gasteiger partial charge in [-0.15, -0.1) is 0 Å². The lowest BCUT2D eigenvalue weighted by Crippen LogP contribution is -2.17. The van der Waals surface area contributed by atoms with Gasteiger partial charge in [-0.05, 0) is 52.7 Å². The molecule has 1 amide bonds. The first-order chi connectivity index (χ1) is 15.6. The molecule has 0 aliphatic rings. The number of methoxy groups -OCH3 is 1. The van der Waals surface area contributed by atoms with E-state index in [1.54, 1.807) is 42.5 Å². The van der Waals surface area contributed by atoms with Crippen molar-refractivity contribution >= 4 is 22.9 Å². The molecule has 6 heteroatoms. The fourth-order valence-corrected chi connectivity index (χ4v) is 3.22. The topological polar surface area (TPSA) is 59.9 Å². The molecule has 0 radical (unpaired) electrons. The van der Waals surface area contributed by atoms with Gasteiger partial charge in [-0.1, -0.05) is 48.5 Å². The van der Waals surface area contributed by atoms with Gasteiger partial charge in [0.2, 0.25) is 0 Å². The number of amides is 1. The third-order valence-corrected chi connectivity index (χ3v) is 4.92. The Morgan fingerprint density at radius 2 is 1.72 bits per heavy atom. The van der Waals surface area contributed by atoms with Crippen molar-refractivity contribution in [1.29, 1.82) is 0 Å². The van der Waals surface area contributed by atoms with Crippen LogP contribution >= 0.6 is 0 Å². The standard InChI is InChI=1S/C26H21FN2O3/c1-31-25-14-18(10-13-24(25)32-17-22-8-4-5-9-23(22)27)16-28-29-26(30)21-12-11-19-6-2-3-7-20(19)15-21/h2-16H,17H2,1H3,(H,29,30)/b28-16-. The van der Waals surface area contributed by atoms with Crippen LogP contribution in [0.15, 0.2) is 90.0 Å². The van der Waals surface area contributed by atoms with E-state index in [-0.39, 0.29) is 18.3 Å². The number of hydrogen-bond donors (Lipinski definition) is 1. The number of rotatable bonds is 7. The Balaban J connectivity index is 1.41. The van der Waals surface area contributed by atoms with Crippen LogP contribution in [0.2, 0.25) is 0 Å². The summed E-state index contributed by atoms with van der Waals surface area (Å²) < 4.78 is 24.9. The largest absolute Gasteiger partial charge is 0.493 e. The normalized spacial score (nSPS) is 10.9. The van der Waals surface area contributed by atoms with Gasteiger partial charge in [0.25, 0.3) is 5.91 Å². The molecule has 0 atom stereocenters. The molecule has 0 heterocycles. The van der Waals surface area contributed by atoms with Crippen molar-refractivity contribution in [3.05, 3.63) is 107 Å². The Morgan fingerprint density at radius 1 is 0.938 bits per heavy atom. The highest BCUT2D eigenvalue weighted by atomic mass is 19.1. The Morgan fingerprint density at radius 3 is 2.53 bits per heavy atom. The Bertz CT molecular complexity index is 1290. The molecule has 4 aromatic rings. The number of hydrazone groups is 1. The van der Waals surface area contributed by atoms with Crippen molar-refractivity contribution in [2.45, 2.75) is 6.61 Å². The van der Waals surface area contributed by atoms with Crippen molar-refractivity contribution in [3.63, 3.8) is 0 Å². The molecule has 0 aliphatic carbocycles. The summed E-state index contributed by atoms with van der Waals surface area (Å²) in [6, 6.07) is 25.0. The first-order valence-electron chi connectivity index (χ1n) is 10.0. The van der Waals surface area contributed by atoms with Crippen molar-refractivity contribution in [3.8, 4) is 11.5 Å². The molecular formula is C26H21FN2O3. The summed E-state index contributed by atoms with van der Waals surface area (Å²) in [5, 5.41) is 6.09. The molecule has 0 bridgehead atoms. The van der Waals surface area contributed by atoms with Crippen LogP contribution in [0.4, 0.5) is 4.39 Å². The summed E-state index contributed by atoms with van der Waals surface area (Å²) in [5.74, 6) is 0.334. The molecule has 5 nitrogen and oxygen atoms in total. The number of nitrogens with one attached hydrogen (secondary N) is 1. The van der Waals surface area contributed by atoms with Crippen LogP contribution in [0.25, 0.3) is 10.8 Å². The SMILES string of the molecule is COc1cc(/C=N\NC(=O)c2ccc3ccccc3c2)ccc1OCc1ccccc1F. The number of carbonyl (C=O) groups excluding carboxylic acids is 1. The third-order valence-electron chi connectivity index (χ3n) is 4.92. The van der Waals surface area contributed by atoms with Gasteiger partial charge >= 0.3 is 0 Å². The zero-order chi connectivity index (χ0) is 22.3. The van der Waals surface area contributed by atoms with Gasteiger partial charge in [0.05, 0.1) is 13.3 Å². The fraction of sp³-hybridized carbons (Fsp3) is 0.0769. The maximum atomic E-state index is 13.8. The number of benzene rings is 4. The molecule has 1 N–H and O–H groups in total. The van der Waals surface area contributed by atoms with Crippen molar-refractivity contribution in [1.82, 2.24) is 5.43 Å². The van der Waals surface area contributed by atoms with Crippen LogP contribution < -0.4 is 14.9 Å². The van der Waals surface area contributed by atoms with Gasteiger partial charge in [-0.3, -0.25) is 4.79 Å². The maximum absolute atomic E-state index is 13.8. The van der Waals surface area contributed by atoms with Crippen LogP contribution in [0.1, 0.15) is 21.5 Å². The molecule has 4 aromatic carbocycles. The molecule has 160 valence electrons. The smallest absolute Gasteiger partial charge is 0.271 e. The molecule has 0 fully saturated rings. The summed E-state index contributed by atoms with van der Waals surface area (Å²) in [6.07, 6.45) is 1.52. The minimum Gasteiger partial charge on any atom is -0.493 e. The summed E-state index contributed by atoms with van der Waals surface area (Å²) in [4.78, 5) is 12.4. The molecule has 0 saturated carbocycles. The highest BCUT2D eigenvalue weighted by Crippen LogP contribution is 2.28. The first-order valence-corrected chi connectivity index (χ1v) is 10.0. The number of halogens is 1. The van der Waals surface area contributed by atoms with Crippen LogP contribution in [0.3, 0.4) is 0 Å². The number of hydrogen-bond acceptors (Lipinski definition) is 4. The molecule has 0 saturated heterocycles. The van der Waals surface area contributed by atoms with Crippen LogP contribution in [-0.4, -0.2) is 19.2 Å². The van der Waals surface area contributed by atoms with E-state index >= 15 is 0 Å². The molecule has 4 rings (SSSR count). The molecule has 0 spiro atoms. The van der Waals surface area contributed by atoms with Gasteiger partial charge in [0.1, 0.15) is 12.4 Å². The highest BCUT2D eigenvalue weighted by molar-refractivity contribution is 5.99. The Hall–Kier alpha value is -4.19. The lowest BCUT2D eigenvalue weighted by Gasteiger charge is -2.11. The number of nitrogens with zero attached hydrogens (tertiary/aromatic N) is 1. The second kappa shape index (κ2) is 9.75. The second-order valence-corrected chi connectivity index (χ2v) is 7.05. The van der Waals surface area contributed by atoms with E-state index in [0.29, 0.717) is 28.2 Å². The van der Waals surface area contributed by atoms with Gasteiger partial charge in [0, 0.05) is 11.1 Å². The van der Waals surface area contributed by atoms with E-state index in [4.69, 9.17) is 9.47 Å². The first kappa shape index (κ1) is 21.1. The van der Waals surface area contributed by atoms with E-state index in [1.807, 2.05) is 36.4 Å². The van der Waals surface area contributed by atoms with Crippen molar-refractivity contribution in [2.75, 3.05) is 7.11 Å². The fourth-order valence-electron chi connectivity index (χ4n) is 3.22. The predicted molar refractivity (Wildman–Crippen MR) is 123 cm³/mol. The quantitative estimate of drug-likeness (QED) is 0.320. The lowest BCUT2D eigenvalue weighted by molar-refractivity contribution is 0.0955. The summed E-state index contributed by atoms with van der Waals surface area (Å²) in [5.41, 5.74) is 4.22. The zero-order valence-corrected chi connectivity index (χ0v) is 17.4. The molecule has 0 aromatic heterocycles. The zero-order valence-electron chi connectivity index (χ0n) is 17.4. The third kappa shape index (κ3) is 4.92. The van der Waals surface area contributed by atoms with Crippen molar-refractivity contribution < 1.29 is 18.7 Å². The molecule has 32 heavy (non-hydrogen) atoms. The highest BCUT2D eigenvalue weighted by Gasteiger charge is 2.08. The van der Waals surface area contributed by atoms with E-state index in [9.17, 15) is 9.18 Å². The molecule has 0 aliphatic heterocycles. The van der Waals surface area contributed by atoms with Gasteiger partial charge in [-0.2, -0.15) is 5.10 Å². The number of fused-ring (bicyclic) bond motifs is 1.